The second-order valence-corrected chi connectivity index (χ2v) is 9.68. The fourth-order valence-corrected chi connectivity index (χ4v) is 5.35. The van der Waals surface area contributed by atoms with Crippen LogP contribution in [0, 0.1) is 0 Å². The van der Waals surface area contributed by atoms with Gasteiger partial charge in [0, 0.05) is 43.8 Å². The highest BCUT2D eigenvalue weighted by Crippen LogP contribution is 2.37. The zero-order valence-electron chi connectivity index (χ0n) is 18.8. The van der Waals surface area contributed by atoms with E-state index in [1.807, 2.05) is 18.2 Å². The minimum Gasteiger partial charge on any atom is -0.366 e. The van der Waals surface area contributed by atoms with Gasteiger partial charge in [-0.25, -0.2) is 9.97 Å². The lowest BCUT2D eigenvalue weighted by molar-refractivity contribution is -0.137. The van der Waals surface area contributed by atoms with Crippen LogP contribution < -0.4 is 20.4 Å². The number of pyridine rings is 2. The van der Waals surface area contributed by atoms with Crippen LogP contribution in [0.4, 0.5) is 36.2 Å². The summed E-state index contributed by atoms with van der Waals surface area (Å²) in [4.78, 5) is 13.4. The monoisotopic (exact) mass is 500 g/mol. The molecule has 6 nitrogen and oxygen atoms in total. The number of benzene rings is 1. The molecule has 0 radical (unpaired) electrons. The molecule has 4 bridgehead atoms. The Hall–Kier alpha value is -3.20. The van der Waals surface area contributed by atoms with Gasteiger partial charge in [0.25, 0.3) is 0 Å². The van der Waals surface area contributed by atoms with Gasteiger partial charge >= 0.3 is 6.18 Å². The van der Waals surface area contributed by atoms with Crippen molar-refractivity contribution in [1.29, 1.82) is 0 Å². The Morgan fingerprint density at radius 3 is 2.11 bits per heavy atom. The molecule has 0 spiro atoms. The van der Waals surface area contributed by atoms with Crippen molar-refractivity contribution in [3.8, 4) is 11.3 Å². The minimum atomic E-state index is -4.34. The number of nitrogens with one attached hydrogen (secondary N) is 2. The van der Waals surface area contributed by atoms with Gasteiger partial charge in [-0.3, -0.25) is 0 Å². The zero-order valence-corrected chi connectivity index (χ0v) is 19.6. The highest BCUT2D eigenvalue weighted by molar-refractivity contribution is 6.29. The summed E-state index contributed by atoms with van der Waals surface area (Å²) in [6, 6.07) is 13.9. The van der Waals surface area contributed by atoms with Crippen molar-refractivity contribution in [3.63, 3.8) is 0 Å². The first-order valence-electron chi connectivity index (χ1n) is 11.7. The average molecular weight is 501 g/mol. The molecular formula is C25H24ClF3N6. The van der Waals surface area contributed by atoms with E-state index in [-0.39, 0.29) is 0 Å². The first-order chi connectivity index (χ1) is 16.8. The number of aromatic nitrogens is 2. The van der Waals surface area contributed by atoms with E-state index in [4.69, 9.17) is 11.6 Å². The third-order valence-electron chi connectivity index (χ3n) is 6.94. The van der Waals surface area contributed by atoms with Crippen LogP contribution in [0.5, 0.6) is 0 Å². The Labute approximate surface area is 206 Å². The van der Waals surface area contributed by atoms with E-state index in [1.165, 1.54) is 18.2 Å². The number of anilines is 4. The molecule has 0 saturated carbocycles. The van der Waals surface area contributed by atoms with Gasteiger partial charge in [-0.05, 0) is 49.2 Å². The zero-order chi connectivity index (χ0) is 24.2. The summed E-state index contributed by atoms with van der Waals surface area (Å²) < 4.78 is 38.5. The van der Waals surface area contributed by atoms with E-state index in [9.17, 15) is 13.2 Å². The molecule has 6 heterocycles. The summed E-state index contributed by atoms with van der Waals surface area (Å²) in [5.41, 5.74) is 2.61. The molecule has 4 aliphatic heterocycles. The second kappa shape index (κ2) is 8.48. The SMILES string of the molecule is Clc1ccc2c(n1)N[C@H]1CCN2C1.FC(F)(F)c1cccc(-c2ccc3c(n2)N[C@H]2CCN3C2)c1. The molecule has 4 aliphatic rings. The van der Waals surface area contributed by atoms with Gasteiger partial charge in [-0.2, -0.15) is 13.2 Å². The molecule has 2 aromatic heterocycles. The molecule has 10 heteroatoms. The summed E-state index contributed by atoms with van der Waals surface area (Å²) in [6.45, 7) is 4.21. The largest absolute Gasteiger partial charge is 0.416 e. The molecule has 2 atom stereocenters. The smallest absolute Gasteiger partial charge is 0.366 e. The fourth-order valence-electron chi connectivity index (χ4n) is 5.20. The van der Waals surface area contributed by atoms with E-state index >= 15 is 0 Å². The first-order valence-corrected chi connectivity index (χ1v) is 12.1. The standard InChI is InChI=1S/C16H14F3N3.C9H10ClN3/c17-16(18,19)11-3-1-2-10(8-11)13-4-5-14-15(21-13)20-12-6-7-22(14)9-12;10-8-2-1-7-9(12-8)11-6-3-4-13(7)5-6/h1-5,8,12H,6-7,9H2,(H,20,21);1-2,6H,3-5H2,(H,11,12)/t12-;6-/m00/s1. The third kappa shape index (κ3) is 4.33. The van der Waals surface area contributed by atoms with Gasteiger partial charge in [0.05, 0.1) is 22.6 Å². The van der Waals surface area contributed by atoms with Crippen LogP contribution in [0.3, 0.4) is 0 Å². The molecule has 2 saturated heterocycles. The Bertz CT molecular complexity index is 1270. The van der Waals surface area contributed by atoms with Crippen LogP contribution in [0.2, 0.25) is 5.15 Å². The Balaban J connectivity index is 0.000000149. The van der Waals surface area contributed by atoms with Crippen molar-refractivity contribution in [1.82, 2.24) is 9.97 Å². The molecule has 182 valence electrons. The lowest BCUT2D eigenvalue weighted by atomic mass is 10.1. The van der Waals surface area contributed by atoms with Gasteiger partial charge in [-0.1, -0.05) is 23.7 Å². The molecule has 2 N–H and O–H groups in total. The minimum absolute atomic E-state index is 0.386. The number of fused-ring (bicyclic) bond motifs is 8. The Morgan fingerprint density at radius 1 is 0.829 bits per heavy atom. The molecule has 35 heavy (non-hydrogen) atoms. The van der Waals surface area contributed by atoms with E-state index in [0.29, 0.717) is 28.5 Å². The molecule has 0 unspecified atom stereocenters. The maximum atomic E-state index is 12.8. The summed E-state index contributed by atoms with van der Waals surface area (Å²) in [7, 11) is 0. The van der Waals surface area contributed by atoms with Crippen molar-refractivity contribution in [2.45, 2.75) is 31.1 Å². The van der Waals surface area contributed by atoms with Crippen molar-refractivity contribution in [2.24, 2.45) is 0 Å². The predicted octanol–water partition coefficient (Wildman–Crippen LogP) is 5.51. The van der Waals surface area contributed by atoms with Crippen LogP contribution in [-0.4, -0.2) is 48.2 Å². The molecule has 2 fully saturated rings. The number of halogens is 4. The third-order valence-corrected chi connectivity index (χ3v) is 7.15. The van der Waals surface area contributed by atoms with Gasteiger partial charge in [0.15, 0.2) is 11.6 Å². The Morgan fingerprint density at radius 2 is 1.46 bits per heavy atom. The normalized spacial score (nSPS) is 21.4. The molecule has 0 aliphatic carbocycles. The Kier molecular flexibility index (Phi) is 5.40. The summed E-state index contributed by atoms with van der Waals surface area (Å²) in [5.74, 6) is 1.71. The van der Waals surface area contributed by atoms with Crippen LogP contribution >= 0.6 is 11.6 Å². The van der Waals surface area contributed by atoms with Crippen molar-refractivity contribution in [3.05, 3.63) is 59.2 Å². The first kappa shape index (κ1) is 22.3. The molecule has 1 aromatic carbocycles. The van der Waals surface area contributed by atoms with Crippen LogP contribution in [-0.2, 0) is 6.18 Å². The number of alkyl halides is 3. The molecule has 7 rings (SSSR count). The topological polar surface area (TPSA) is 56.3 Å². The number of rotatable bonds is 1. The van der Waals surface area contributed by atoms with Crippen molar-refractivity contribution < 1.29 is 13.2 Å². The van der Waals surface area contributed by atoms with Gasteiger partial charge in [0.2, 0.25) is 0 Å². The van der Waals surface area contributed by atoms with Gasteiger partial charge < -0.3 is 20.4 Å². The number of nitrogens with zero attached hydrogens (tertiary/aromatic N) is 4. The fraction of sp³-hybridized carbons (Fsp3) is 0.360. The molecular weight excluding hydrogens is 477 g/mol. The summed E-state index contributed by atoms with van der Waals surface area (Å²) in [5, 5.41) is 7.32. The summed E-state index contributed by atoms with van der Waals surface area (Å²) >= 11 is 5.82. The quantitative estimate of drug-likeness (QED) is 0.430. The lowest BCUT2D eigenvalue weighted by Crippen LogP contribution is -2.32. The van der Waals surface area contributed by atoms with E-state index in [1.54, 1.807) is 12.1 Å². The maximum absolute atomic E-state index is 12.8. The van der Waals surface area contributed by atoms with E-state index in [2.05, 4.69) is 30.4 Å². The van der Waals surface area contributed by atoms with Gasteiger partial charge in [-0.15, -0.1) is 0 Å². The number of hydrogen-bond donors (Lipinski definition) is 2. The van der Waals surface area contributed by atoms with Crippen LogP contribution in [0.15, 0.2) is 48.5 Å². The van der Waals surface area contributed by atoms with Crippen molar-refractivity contribution in [2.75, 3.05) is 46.6 Å². The van der Waals surface area contributed by atoms with E-state index in [0.717, 1.165) is 62.1 Å². The highest BCUT2D eigenvalue weighted by Gasteiger charge is 2.33. The van der Waals surface area contributed by atoms with Gasteiger partial charge in [0.1, 0.15) is 5.15 Å². The van der Waals surface area contributed by atoms with Crippen LogP contribution in [0.25, 0.3) is 11.3 Å². The van der Waals surface area contributed by atoms with Crippen molar-refractivity contribution >= 4 is 34.6 Å². The lowest BCUT2D eigenvalue weighted by Gasteiger charge is -2.28. The maximum Gasteiger partial charge on any atom is 0.416 e. The van der Waals surface area contributed by atoms with E-state index < -0.39 is 11.7 Å². The molecule has 3 aromatic rings. The van der Waals surface area contributed by atoms with Crippen LogP contribution in [0.1, 0.15) is 18.4 Å². The molecule has 0 amide bonds. The second-order valence-electron chi connectivity index (χ2n) is 9.30. The average Bonchev–Trinajstić information content (AvgIpc) is 3.42. The predicted molar refractivity (Wildman–Crippen MR) is 132 cm³/mol. The summed E-state index contributed by atoms with van der Waals surface area (Å²) in [6.07, 6.45) is -2.07. The number of hydrogen-bond acceptors (Lipinski definition) is 6. The highest BCUT2D eigenvalue weighted by atomic mass is 35.5.